The zero-order valence-electron chi connectivity index (χ0n) is 9.55. The quantitative estimate of drug-likeness (QED) is 0.607. The molecule has 2 atom stereocenters. The maximum Gasteiger partial charge on any atom is 0.558 e. The second-order valence-electron chi connectivity index (χ2n) is 3.22. The van der Waals surface area contributed by atoms with E-state index in [0.29, 0.717) is 17.2 Å². The number of ether oxygens (including phenoxy) is 1. The fourth-order valence-electron chi connectivity index (χ4n) is 1.21. The number of carbonyl (C=O) groups is 1. The summed E-state index contributed by atoms with van der Waals surface area (Å²) in [6.45, 7) is 3.28. The van der Waals surface area contributed by atoms with Gasteiger partial charge in [-0.1, -0.05) is 11.6 Å². The van der Waals surface area contributed by atoms with Crippen molar-refractivity contribution in [2.75, 3.05) is 6.61 Å². The normalized spacial score (nSPS) is 13.0. The van der Waals surface area contributed by atoms with Crippen LogP contribution < -0.4 is 0 Å². The van der Waals surface area contributed by atoms with Gasteiger partial charge in [0.15, 0.2) is 0 Å². The Labute approximate surface area is 106 Å². The molecule has 92 valence electrons. The lowest BCUT2D eigenvalue weighted by Gasteiger charge is -2.06. The van der Waals surface area contributed by atoms with Crippen LogP contribution in [0.1, 0.15) is 25.3 Å². The summed E-state index contributed by atoms with van der Waals surface area (Å²) < 4.78 is 21.8. The van der Waals surface area contributed by atoms with Crippen LogP contribution in [-0.2, 0) is 18.6 Å². The van der Waals surface area contributed by atoms with Crippen molar-refractivity contribution in [1.82, 2.24) is 0 Å². The minimum atomic E-state index is -2.10. The van der Waals surface area contributed by atoms with E-state index in [0.717, 1.165) is 0 Å². The number of halogens is 1. The van der Waals surface area contributed by atoms with Crippen molar-refractivity contribution in [3.63, 3.8) is 0 Å². The zero-order chi connectivity index (χ0) is 12.8. The molecule has 2 unspecified atom stereocenters. The van der Waals surface area contributed by atoms with Crippen LogP contribution in [0.25, 0.3) is 0 Å². The van der Waals surface area contributed by atoms with E-state index in [9.17, 15) is 9.36 Å². The number of rotatable bonds is 5. The lowest BCUT2D eigenvalue weighted by molar-refractivity contribution is -0.143. The first-order valence-corrected chi connectivity index (χ1v) is 6.69. The van der Waals surface area contributed by atoms with Crippen LogP contribution in [0.5, 0.6) is 0 Å². The average Bonchev–Trinajstić information content (AvgIpc) is 2.27. The molecule has 0 saturated heterocycles. The third-order valence-electron chi connectivity index (χ3n) is 1.88. The van der Waals surface area contributed by atoms with Crippen LogP contribution >= 0.6 is 19.6 Å². The minimum Gasteiger partial charge on any atom is -0.410 e. The molecule has 0 amide bonds. The van der Waals surface area contributed by atoms with E-state index in [4.69, 9.17) is 20.9 Å². The molecule has 1 aromatic rings. The van der Waals surface area contributed by atoms with E-state index in [2.05, 4.69) is 0 Å². The molecular formula is C11H13ClO4P+. The van der Waals surface area contributed by atoms with Gasteiger partial charge in [-0.05, 0) is 35.8 Å². The highest BCUT2D eigenvalue weighted by Gasteiger charge is 2.37. The Balaban J connectivity index is 2.92. The smallest absolute Gasteiger partial charge is 0.410 e. The molecule has 6 heteroatoms. The Kier molecular flexibility index (Phi) is 5.56. The molecule has 1 aromatic carbocycles. The molecule has 17 heavy (non-hydrogen) atoms. The van der Waals surface area contributed by atoms with Gasteiger partial charge in [0.2, 0.25) is 0 Å². The molecule has 0 radical (unpaired) electrons. The molecule has 0 aliphatic rings. The summed E-state index contributed by atoms with van der Waals surface area (Å²) in [5.41, 5.74) is 0.596. The van der Waals surface area contributed by atoms with Gasteiger partial charge in [0.1, 0.15) is 0 Å². The Morgan fingerprint density at radius 1 is 1.41 bits per heavy atom. The summed E-state index contributed by atoms with van der Waals surface area (Å²) >= 11 is 5.75. The summed E-state index contributed by atoms with van der Waals surface area (Å²) in [7, 11) is -2.10. The highest BCUT2D eigenvalue weighted by Crippen LogP contribution is 2.43. The van der Waals surface area contributed by atoms with E-state index in [1.807, 2.05) is 0 Å². The first kappa shape index (κ1) is 14.1. The van der Waals surface area contributed by atoms with Gasteiger partial charge >= 0.3 is 19.8 Å². The van der Waals surface area contributed by atoms with Gasteiger partial charge in [0.25, 0.3) is 0 Å². The van der Waals surface area contributed by atoms with Crippen molar-refractivity contribution in [3.05, 3.63) is 34.9 Å². The molecule has 0 aromatic heterocycles. The Hall–Kier alpha value is -0.960. The first-order chi connectivity index (χ1) is 8.04. The molecular weight excluding hydrogens is 263 g/mol. The average molecular weight is 276 g/mol. The van der Waals surface area contributed by atoms with Crippen molar-refractivity contribution in [2.24, 2.45) is 0 Å². The van der Waals surface area contributed by atoms with E-state index in [1.165, 1.54) is 6.92 Å². The van der Waals surface area contributed by atoms with Crippen LogP contribution in [0.15, 0.2) is 24.3 Å². The summed E-state index contributed by atoms with van der Waals surface area (Å²) in [5, 5.41) is 0.557. The van der Waals surface area contributed by atoms with Gasteiger partial charge in [0.05, 0.1) is 6.61 Å². The second kappa shape index (κ2) is 6.70. The van der Waals surface area contributed by atoms with Crippen molar-refractivity contribution in [2.45, 2.75) is 19.7 Å². The third kappa shape index (κ3) is 4.43. The van der Waals surface area contributed by atoms with Gasteiger partial charge in [0, 0.05) is 17.5 Å². The van der Waals surface area contributed by atoms with Crippen LogP contribution in [-0.4, -0.2) is 12.6 Å². The summed E-state index contributed by atoms with van der Waals surface area (Å²) in [5.74, 6) is -1.40. The molecule has 0 fully saturated rings. The number of hydrogen-bond acceptors (Lipinski definition) is 4. The largest absolute Gasteiger partial charge is 0.558 e. The predicted octanol–water partition coefficient (Wildman–Crippen LogP) is 3.68. The maximum atomic E-state index is 11.8. The van der Waals surface area contributed by atoms with Crippen molar-refractivity contribution in [1.29, 1.82) is 0 Å². The first-order valence-electron chi connectivity index (χ1n) is 5.06. The Morgan fingerprint density at radius 2 is 2.00 bits per heavy atom. The molecule has 0 saturated carbocycles. The number of hydrogen-bond donors (Lipinski definition) is 0. The highest BCUT2D eigenvalue weighted by atomic mass is 35.5. The molecule has 0 N–H and O–H groups in total. The van der Waals surface area contributed by atoms with Crippen LogP contribution in [0.3, 0.4) is 0 Å². The fourth-order valence-corrected chi connectivity index (χ4v) is 2.38. The monoisotopic (exact) mass is 275 g/mol. The van der Waals surface area contributed by atoms with Crippen molar-refractivity contribution >= 4 is 25.6 Å². The van der Waals surface area contributed by atoms with Gasteiger partial charge in [-0.25, -0.2) is 0 Å². The molecule has 0 heterocycles. The number of carbonyl (C=O) groups excluding carboxylic acids is 1. The number of esters is 1. The van der Waals surface area contributed by atoms with Crippen LogP contribution in [0, 0.1) is 0 Å². The fraction of sp³-hybridized carbons (Fsp3) is 0.364. The molecule has 0 aliphatic carbocycles. The lowest BCUT2D eigenvalue weighted by Crippen LogP contribution is -2.06. The van der Waals surface area contributed by atoms with Crippen LogP contribution in [0.2, 0.25) is 5.02 Å². The summed E-state index contributed by atoms with van der Waals surface area (Å²) in [6, 6.07) is 6.59. The van der Waals surface area contributed by atoms with Gasteiger partial charge < -0.3 is 4.74 Å². The molecule has 1 rings (SSSR count). The molecule has 0 bridgehead atoms. The van der Waals surface area contributed by atoms with Crippen molar-refractivity contribution in [3.8, 4) is 0 Å². The SMILES string of the molecule is CCO[P+](=O)C(OC(C)=O)c1ccc(Cl)cc1. The van der Waals surface area contributed by atoms with E-state index in [-0.39, 0.29) is 0 Å². The maximum absolute atomic E-state index is 11.8. The minimum absolute atomic E-state index is 0.292. The zero-order valence-corrected chi connectivity index (χ0v) is 11.2. The van der Waals surface area contributed by atoms with E-state index < -0.39 is 19.8 Å². The van der Waals surface area contributed by atoms with Crippen molar-refractivity contribution < 1.29 is 18.6 Å². The third-order valence-corrected chi connectivity index (χ3v) is 3.43. The Morgan fingerprint density at radius 3 is 2.47 bits per heavy atom. The van der Waals surface area contributed by atoms with Crippen LogP contribution in [0.4, 0.5) is 0 Å². The standard InChI is InChI=1S/C11H13ClO4P/c1-3-15-17(14)11(16-8(2)13)9-4-6-10(12)7-5-9/h4-7,11H,3H2,1-2H3/q+1. The topological polar surface area (TPSA) is 52.6 Å². The van der Waals surface area contributed by atoms with E-state index >= 15 is 0 Å². The molecule has 4 nitrogen and oxygen atoms in total. The number of benzene rings is 1. The van der Waals surface area contributed by atoms with E-state index in [1.54, 1.807) is 31.2 Å². The summed E-state index contributed by atoms with van der Waals surface area (Å²) in [6.07, 6.45) is 0. The highest BCUT2D eigenvalue weighted by molar-refractivity contribution is 7.39. The summed E-state index contributed by atoms with van der Waals surface area (Å²) in [4.78, 5) is 11.0. The predicted molar refractivity (Wildman–Crippen MR) is 65.2 cm³/mol. The molecule has 0 spiro atoms. The van der Waals surface area contributed by atoms with Gasteiger partial charge in [-0.2, -0.15) is 0 Å². The molecule has 0 aliphatic heterocycles. The lowest BCUT2D eigenvalue weighted by atomic mass is 10.2. The van der Waals surface area contributed by atoms with Gasteiger partial charge in [-0.15, -0.1) is 4.52 Å². The van der Waals surface area contributed by atoms with Gasteiger partial charge in [-0.3, -0.25) is 4.79 Å². The second-order valence-corrected chi connectivity index (χ2v) is 4.95. The Bertz CT molecular complexity index is 404.